The summed E-state index contributed by atoms with van der Waals surface area (Å²) in [7, 11) is 0. The summed E-state index contributed by atoms with van der Waals surface area (Å²) in [5.74, 6) is -0.992. The van der Waals surface area contributed by atoms with Crippen molar-refractivity contribution in [2.45, 2.75) is 78.3 Å². The van der Waals surface area contributed by atoms with Gasteiger partial charge in [-0.3, -0.25) is 9.48 Å². The number of aliphatic carboxylic acids is 1. The van der Waals surface area contributed by atoms with E-state index in [1.165, 1.54) is 17.7 Å². The number of rotatable bonds is 9. The third-order valence-electron chi connectivity index (χ3n) is 4.73. The Balaban J connectivity index is 1.79. The van der Waals surface area contributed by atoms with Crippen LogP contribution in [-0.4, -0.2) is 49.5 Å². The van der Waals surface area contributed by atoms with Crippen LogP contribution < -0.4 is 0 Å². The van der Waals surface area contributed by atoms with E-state index in [4.69, 9.17) is 0 Å². The summed E-state index contributed by atoms with van der Waals surface area (Å²) in [5, 5.41) is 17.6. The van der Waals surface area contributed by atoms with Gasteiger partial charge in [-0.15, -0.1) is 5.10 Å². The number of nitrogens with zero attached hydrogens (tertiary/aromatic N) is 4. The number of carboxylic acid groups (broad SMARTS) is 1. The summed E-state index contributed by atoms with van der Waals surface area (Å²) in [6.45, 7) is 7.32. The molecule has 2 rings (SSSR count). The van der Waals surface area contributed by atoms with Gasteiger partial charge in [-0.2, -0.15) is 0 Å². The highest BCUT2D eigenvalue weighted by Gasteiger charge is 2.43. The second kappa shape index (κ2) is 8.45. The average molecular weight is 350 g/mol. The molecule has 0 bridgehead atoms. The molecule has 1 fully saturated rings. The SMILES string of the molecule is CCCCCc1cn(CCCC(=O)N2CC(C)(C)CC2C(=O)O)nn1. The molecule has 1 unspecified atom stereocenters. The Bertz CT molecular complexity index is 597. The molecular weight excluding hydrogens is 320 g/mol. The number of carbonyl (C=O) groups is 2. The van der Waals surface area contributed by atoms with Gasteiger partial charge in [-0.25, -0.2) is 4.79 Å². The highest BCUT2D eigenvalue weighted by molar-refractivity contribution is 5.84. The molecule has 7 heteroatoms. The fourth-order valence-electron chi connectivity index (χ4n) is 3.41. The van der Waals surface area contributed by atoms with Gasteiger partial charge >= 0.3 is 5.97 Å². The number of aromatic nitrogens is 3. The lowest BCUT2D eigenvalue weighted by Gasteiger charge is -2.22. The van der Waals surface area contributed by atoms with Crippen LogP contribution >= 0.6 is 0 Å². The first-order chi connectivity index (χ1) is 11.8. The lowest BCUT2D eigenvalue weighted by molar-refractivity contribution is -0.148. The fraction of sp³-hybridized carbons (Fsp3) is 0.778. The maximum absolute atomic E-state index is 12.4. The molecule has 1 N–H and O–H groups in total. The summed E-state index contributed by atoms with van der Waals surface area (Å²) in [6, 6.07) is -0.695. The molecule has 1 atom stereocenters. The predicted molar refractivity (Wildman–Crippen MR) is 94.0 cm³/mol. The van der Waals surface area contributed by atoms with E-state index in [2.05, 4.69) is 17.2 Å². The van der Waals surface area contributed by atoms with Crippen molar-refractivity contribution in [3.63, 3.8) is 0 Å². The molecule has 0 aromatic carbocycles. The van der Waals surface area contributed by atoms with Gasteiger partial charge < -0.3 is 10.0 Å². The third kappa shape index (κ3) is 5.54. The molecule has 1 aliphatic heterocycles. The molecule has 0 radical (unpaired) electrons. The van der Waals surface area contributed by atoms with Gasteiger partial charge in [0.05, 0.1) is 5.69 Å². The van der Waals surface area contributed by atoms with Crippen LogP contribution in [0.15, 0.2) is 6.20 Å². The van der Waals surface area contributed by atoms with Gasteiger partial charge in [0, 0.05) is 25.7 Å². The van der Waals surface area contributed by atoms with Gasteiger partial charge in [-0.1, -0.05) is 38.8 Å². The monoisotopic (exact) mass is 350 g/mol. The molecule has 1 amide bonds. The molecule has 2 heterocycles. The van der Waals surface area contributed by atoms with Gasteiger partial charge in [0.1, 0.15) is 6.04 Å². The molecule has 140 valence electrons. The Morgan fingerprint density at radius 3 is 2.76 bits per heavy atom. The molecule has 0 saturated carbocycles. The normalized spacial score (nSPS) is 19.3. The third-order valence-corrected chi connectivity index (χ3v) is 4.73. The quantitative estimate of drug-likeness (QED) is 0.691. The van der Waals surface area contributed by atoms with E-state index in [0.717, 1.165) is 18.5 Å². The first-order valence-corrected chi connectivity index (χ1v) is 9.23. The van der Waals surface area contributed by atoms with Crippen molar-refractivity contribution in [2.75, 3.05) is 6.54 Å². The molecule has 1 aromatic rings. The lowest BCUT2D eigenvalue weighted by atomic mass is 9.91. The molecule has 1 saturated heterocycles. The average Bonchev–Trinajstić information content (AvgIpc) is 3.11. The Hall–Kier alpha value is -1.92. The first-order valence-electron chi connectivity index (χ1n) is 9.23. The van der Waals surface area contributed by atoms with E-state index in [1.54, 1.807) is 4.68 Å². The Morgan fingerprint density at radius 1 is 1.32 bits per heavy atom. The van der Waals surface area contributed by atoms with Crippen molar-refractivity contribution in [1.29, 1.82) is 0 Å². The number of aryl methyl sites for hydroxylation is 2. The molecule has 7 nitrogen and oxygen atoms in total. The molecule has 1 aromatic heterocycles. The van der Waals surface area contributed by atoms with Crippen LogP contribution in [0.1, 0.15) is 65.0 Å². The van der Waals surface area contributed by atoms with Gasteiger partial charge in [0.25, 0.3) is 0 Å². The minimum Gasteiger partial charge on any atom is -0.480 e. The number of amides is 1. The lowest BCUT2D eigenvalue weighted by Crippen LogP contribution is -2.40. The number of carbonyl (C=O) groups excluding carboxylic acids is 1. The van der Waals surface area contributed by atoms with E-state index in [0.29, 0.717) is 32.4 Å². The Kier molecular flexibility index (Phi) is 6.56. The largest absolute Gasteiger partial charge is 0.480 e. The number of hydrogen-bond acceptors (Lipinski definition) is 4. The second-order valence-corrected chi connectivity index (χ2v) is 7.78. The number of carboxylic acids is 1. The number of likely N-dealkylation sites (tertiary alicyclic amines) is 1. The first kappa shape index (κ1) is 19.4. The van der Waals surface area contributed by atoms with E-state index >= 15 is 0 Å². The molecule has 1 aliphatic rings. The van der Waals surface area contributed by atoms with Crippen LogP contribution in [0.25, 0.3) is 0 Å². The van der Waals surface area contributed by atoms with Gasteiger partial charge in [0.15, 0.2) is 0 Å². The van der Waals surface area contributed by atoms with Crippen molar-refractivity contribution in [1.82, 2.24) is 19.9 Å². The summed E-state index contributed by atoms with van der Waals surface area (Å²) in [6.07, 6.45) is 7.87. The zero-order valence-corrected chi connectivity index (χ0v) is 15.6. The highest BCUT2D eigenvalue weighted by atomic mass is 16.4. The standard InChI is InChI=1S/C18H30N4O3/c1-4-5-6-8-14-12-21(20-19-14)10-7-9-16(23)22-13-18(2,3)11-15(22)17(24)25/h12,15H,4-11,13H2,1-3H3,(H,24,25). The molecule has 25 heavy (non-hydrogen) atoms. The van der Waals surface area contributed by atoms with Crippen LogP contribution in [0.3, 0.4) is 0 Å². The van der Waals surface area contributed by atoms with Crippen molar-refractivity contribution >= 4 is 11.9 Å². The van der Waals surface area contributed by atoms with E-state index in [-0.39, 0.29) is 11.3 Å². The van der Waals surface area contributed by atoms with E-state index in [9.17, 15) is 14.7 Å². The fourth-order valence-corrected chi connectivity index (χ4v) is 3.41. The minimum atomic E-state index is -0.910. The molecule has 0 spiro atoms. The van der Waals surface area contributed by atoms with E-state index in [1.807, 2.05) is 20.0 Å². The van der Waals surface area contributed by atoms with Crippen molar-refractivity contribution in [2.24, 2.45) is 5.41 Å². The van der Waals surface area contributed by atoms with Crippen LogP contribution in [0.4, 0.5) is 0 Å². The van der Waals surface area contributed by atoms with Crippen LogP contribution in [0.5, 0.6) is 0 Å². The summed E-state index contributed by atoms with van der Waals surface area (Å²) < 4.78 is 1.77. The smallest absolute Gasteiger partial charge is 0.326 e. The van der Waals surface area contributed by atoms with E-state index < -0.39 is 12.0 Å². The highest BCUT2D eigenvalue weighted by Crippen LogP contribution is 2.34. The summed E-state index contributed by atoms with van der Waals surface area (Å²) in [4.78, 5) is 25.4. The second-order valence-electron chi connectivity index (χ2n) is 7.78. The van der Waals surface area contributed by atoms with Crippen LogP contribution in [0, 0.1) is 5.41 Å². The predicted octanol–water partition coefficient (Wildman–Crippen LogP) is 2.50. The molecular formula is C18H30N4O3. The number of hydrogen-bond donors (Lipinski definition) is 1. The Morgan fingerprint density at radius 2 is 2.08 bits per heavy atom. The van der Waals surface area contributed by atoms with Gasteiger partial charge in [0.2, 0.25) is 5.91 Å². The van der Waals surface area contributed by atoms with Crippen LogP contribution in [-0.2, 0) is 22.6 Å². The topological polar surface area (TPSA) is 88.3 Å². The Labute approximate surface area is 149 Å². The summed E-state index contributed by atoms with van der Waals surface area (Å²) >= 11 is 0. The maximum atomic E-state index is 12.4. The van der Waals surface area contributed by atoms with Crippen molar-refractivity contribution in [3.05, 3.63) is 11.9 Å². The van der Waals surface area contributed by atoms with Gasteiger partial charge in [-0.05, 0) is 31.1 Å². The zero-order chi connectivity index (χ0) is 18.4. The minimum absolute atomic E-state index is 0.0822. The number of unbranched alkanes of at least 4 members (excludes halogenated alkanes) is 2. The molecule has 0 aliphatic carbocycles. The van der Waals surface area contributed by atoms with Crippen molar-refractivity contribution in [3.8, 4) is 0 Å². The van der Waals surface area contributed by atoms with Crippen molar-refractivity contribution < 1.29 is 14.7 Å². The zero-order valence-electron chi connectivity index (χ0n) is 15.6. The van der Waals surface area contributed by atoms with Crippen LogP contribution in [0.2, 0.25) is 0 Å². The maximum Gasteiger partial charge on any atom is 0.326 e. The summed E-state index contributed by atoms with van der Waals surface area (Å²) in [5.41, 5.74) is 0.852.